The maximum absolute atomic E-state index is 8.81. The summed E-state index contributed by atoms with van der Waals surface area (Å²) < 4.78 is 0. The van der Waals surface area contributed by atoms with Crippen LogP contribution in [0, 0.1) is 5.41 Å². The number of rotatable bonds is 1. The number of hydrogen-bond acceptors (Lipinski definition) is 3. The second-order valence-corrected chi connectivity index (χ2v) is 3.88. The topological polar surface area (TPSA) is 35.5 Å². The van der Waals surface area contributed by atoms with Crippen LogP contribution in [-0.2, 0) is 0 Å². The summed E-state index contributed by atoms with van der Waals surface area (Å²) in [5.74, 6) is 0. The predicted octanol–water partition coefficient (Wildman–Crippen LogP) is -0.378. The van der Waals surface area contributed by atoms with Gasteiger partial charge in [-0.05, 0) is 31.3 Å². The smallest absolute Gasteiger partial charge is 0.0956 e. The molecular formula is C8H16N2O. The second kappa shape index (κ2) is 2.73. The molecule has 2 rings (SSSR count). The molecule has 0 aromatic rings. The molecule has 2 N–H and O–H groups in total. The van der Waals surface area contributed by atoms with Crippen LogP contribution in [0.1, 0.15) is 12.8 Å². The molecule has 0 amide bonds. The Hall–Kier alpha value is -0.120. The zero-order chi connectivity index (χ0) is 7.73. The van der Waals surface area contributed by atoms with Crippen molar-refractivity contribution in [2.24, 2.45) is 5.41 Å². The van der Waals surface area contributed by atoms with E-state index in [1.165, 1.54) is 25.9 Å². The Labute approximate surface area is 67.4 Å². The predicted molar refractivity (Wildman–Crippen MR) is 43.2 cm³/mol. The second-order valence-electron chi connectivity index (χ2n) is 3.88. The summed E-state index contributed by atoms with van der Waals surface area (Å²) in [6, 6.07) is 0. The average Bonchev–Trinajstić information content (AvgIpc) is 2.01. The van der Waals surface area contributed by atoms with Crippen LogP contribution in [0.2, 0.25) is 0 Å². The maximum Gasteiger partial charge on any atom is 0.0956 e. The van der Waals surface area contributed by atoms with Gasteiger partial charge in [0.05, 0.1) is 6.73 Å². The number of nitrogens with zero attached hydrogens (tertiary/aromatic N) is 1. The van der Waals surface area contributed by atoms with Gasteiger partial charge in [0.1, 0.15) is 0 Å². The molecule has 2 aliphatic heterocycles. The number of aliphatic hydroxyl groups excluding tert-OH is 1. The molecule has 3 heteroatoms. The summed E-state index contributed by atoms with van der Waals surface area (Å²) in [7, 11) is 0. The molecule has 0 radical (unpaired) electrons. The first-order chi connectivity index (χ1) is 5.35. The maximum atomic E-state index is 8.81. The van der Waals surface area contributed by atoms with Gasteiger partial charge >= 0.3 is 0 Å². The standard InChI is InChI=1S/C8H16N2O/c11-7-10-5-8(6-10)1-3-9-4-2-8/h9,11H,1-7H2. The lowest BCUT2D eigenvalue weighted by Gasteiger charge is -2.51. The minimum absolute atomic E-state index is 0.245. The Morgan fingerprint density at radius 1 is 1.27 bits per heavy atom. The molecule has 2 fully saturated rings. The fourth-order valence-electron chi connectivity index (χ4n) is 2.28. The van der Waals surface area contributed by atoms with Crippen molar-refractivity contribution in [1.29, 1.82) is 0 Å². The molecule has 0 aromatic heterocycles. The monoisotopic (exact) mass is 156 g/mol. The molecular weight excluding hydrogens is 140 g/mol. The summed E-state index contributed by atoms with van der Waals surface area (Å²) >= 11 is 0. The SMILES string of the molecule is OCN1CC2(CCNCC2)C1. The van der Waals surface area contributed by atoms with E-state index in [0.29, 0.717) is 5.41 Å². The van der Waals surface area contributed by atoms with Crippen LogP contribution in [-0.4, -0.2) is 42.9 Å². The molecule has 2 aliphatic rings. The molecule has 0 saturated carbocycles. The van der Waals surface area contributed by atoms with Crippen LogP contribution in [0.25, 0.3) is 0 Å². The van der Waals surface area contributed by atoms with Crippen molar-refractivity contribution in [3.05, 3.63) is 0 Å². The van der Waals surface area contributed by atoms with Crippen molar-refractivity contribution in [2.75, 3.05) is 32.9 Å². The van der Waals surface area contributed by atoms with Crippen LogP contribution >= 0.6 is 0 Å². The molecule has 0 aliphatic carbocycles. The first-order valence-corrected chi connectivity index (χ1v) is 4.39. The van der Waals surface area contributed by atoms with E-state index in [1.54, 1.807) is 0 Å². The lowest BCUT2D eigenvalue weighted by atomic mass is 9.73. The molecule has 11 heavy (non-hydrogen) atoms. The third kappa shape index (κ3) is 1.28. The number of likely N-dealkylation sites (tertiary alicyclic amines) is 1. The van der Waals surface area contributed by atoms with Gasteiger partial charge < -0.3 is 10.4 Å². The van der Waals surface area contributed by atoms with E-state index in [4.69, 9.17) is 5.11 Å². The zero-order valence-electron chi connectivity index (χ0n) is 6.84. The lowest BCUT2D eigenvalue weighted by Crippen LogP contribution is -2.59. The Bertz CT molecular complexity index is 135. The third-order valence-corrected chi connectivity index (χ3v) is 2.98. The lowest BCUT2D eigenvalue weighted by molar-refractivity contribution is -0.0680. The van der Waals surface area contributed by atoms with E-state index in [9.17, 15) is 0 Å². The Balaban J connectivity index is 1.84. The average molecular weight is 156 g/mol. The van der Waals surface area contributed by atoms with Crippen LogP contribution in [0.4, 0.5) is 0 Å². The van der Waals surface area contributed by atoms with E-state index in [2.05, 4.69) is 10.2 Å². The quantitative estimate of drug-likeness (QED) is 0.543. The molecule has 64 valence electrons. The van der Waals surface area contributed by atoms with Gasteiger partial charge in [0, 0.05) is 13.1 Å². The normalized spacial score (nSPS) is 30.3. The molecule has 2 heterocycles. The minimum atomic E-state index is 0.245. The molecule has 3 nitrogen and oxygen atoms in total. The van der Waals surface area contributed by atoms with Crippen molar-refractivity contribution in [3.63, 3.8) is 0 Å². The van der Waals surface area contributed by atoms with Crippen LogP contribution in [0.3, 0.4) is 0 Å². The van der Waals surface area contributed by atoms with E-state index in [-0.39, 0.29) is 6.73 Å². The number of piperidine rings is 1. The Morgan fingerprint density at radius 3 is 2.45 bits per heavy atom. The first kappa shape index (κ1) is 7.53. The highest BCUT2D eigenvalue weighted by atomic mass is 16.3. The summed E-state index contributed by atoms with van der Waals surface area (Å²) in [5, 5.41) is 12.2. The van der Waals surface area contributed by atoms with Gasteiger partial charge in [-0.25, -0.2) is 0 Å². The highest BCUT2D eigenvalue weighted by molar-refractivity contribution is 4.96. The molecule has 2 saturated heterocycles. The van der Waals surface area contributed by atoms with Gasteiger partial charge in [0.2, 0.25) is 0 Å². The van der Waals surface area contributed by atoms with Crippen molar-refractivity contribution in [2.45, 2.75) is 12.8 Å². The highest BCUT2D eigenvalue weighted by Gasteiger charge is 2.42. The van der Waals surface area contributed by atoms with Gasteiger partial charge in [0.25, 0.3) is 0 Å². The van der Waals surface area contributed by atoms with Gasteiger partial charge in [-0.1, -0.05) is 0 Å². The zero-order valence-corrected chi connectivity index (χ0v) is 6.84. The van der Waals surface area contributed by atoms with Gasteiger partial charge in [-0.15, -0.1) is 0 Å². The summed E-state index contributed by atoms with van der Waals surface area (Å²) in [6.45, 7) is 4.81. The van der Waals surface area contributed by atoms with Crippen LogP contribution in [0.5, 0.6) is 0 Å². The number of aliphatic hydroxyl groups is 1. The molecule has 0 aromatic carbocycles. The van der Waals surface area contributed by atoms with Crippen molar-refractivity contribution in [3.8, 4) is 0 Å². The Morgan fingerprint density at radius 2 is 1.91 bits per heavy atom. The van der Waals surface area contributed by atoms with Gasteiger partial charge in [0.15, 0.2) is 0 Å². The molecule has 0 bridgehead atoms. The van der Waals surface area contributed by atoms with Gasteiger partial charge in [-0.2, -0.15) is 0 Å². The van der Waals surface area contributed by atoms with Crippen molar-refractivity contribution < 1.29 is 5.11 Å². The van der Waals surface area contributed by atoms with E-state index < -0.39 is 0 Å². The van der Waals surface area contributed by atoms with Crippen molar-refractivity contribution >= 4 is 0 Å². The van der Waals surface area contributed by atoms with Crippen LogP contribution in [0.15, 0.2) is 0 Å². The first-order valence-electron chi connectivity index (χ1n) is 4.39. The number of hydrogen-bond donors (Lipinski definition) is 2. The summed E-state index contributed by atoms with van der Waals surface area (Å²) in [4.78, 5) is 2.10. The molecule has 0 unspecified atom stereocenters. The van der Waals surface area contributed by atoms with E-state index >= 15 is 0 Å². The number of nitrogens with one attached hydrogen (secondary N) is 1. The Kier molecular flexibility index (Phi) is 1.87. The highest BCUT2D eigenvalue weighted by Crippen LogP contribution is 2.37. The fourth-order valence-corrected chi connectivity index (χ4v) is 2.28. The van der Waals surface area contributed by atoms with Crippen molar-refractivity contribution in [1.82, 2.24) is 10.2 Å². The fraction of sp³-hybridized carbons (Fsp3) is 1.00. The van der Waals surface area contributed by atoms with E-state index in [1.807, 2.05) is 0 Å². The molecule has 0 atom stereocenters. The molecule has 1 spiro atoms. The minimum Gasteiger partial charge on any atom is -0.381 e. The van der Waals surface area contributed by atoms with Gasteiger partial charge in [-0.3, -0.25) is 4.90 Å². The van der Waals surface area contributed by atoms with Crippen LogP contribution < -0.4 is 5.32 Å². The van der Waals surface area contributed by atoms with E-state index in [0.717, 1.165) is 13.1 Å². The largest absolute Gasteiger partial charge is 0.381 e. The third-order valence-electron chi connectivity index (χ3n) is 2.98. The summed E-state index contributed by atoms with van der Waals surface area (Å²) in [6.07, 6.45) is 2.59. The summed E-state index contributed by atoms with van der Waals surface area (Å²) in [5.41, 5.74) is 0.577.